The summed E-state index contributed by atoms with van der Waals surface area (Å²) in [5.74, 6) is 0.715. The molecule has 0 atom stereocenters. The predicted molar refractivity (Wildman–Crippen MR) is 49.0 cm³/mol. The van der Waals surface area contributed by atoms with E-state index in [2.05, 4.69) is 10.5 Å². The molecule has 4 heteroatoms. The average molecular weight is 182 g/mol. The molecular weight excluding hydrogens is 172 g/mol. The van der Waals surface area contributed by atoms with Gasteiger partial charge in [-0.15, -0.1) is 16.4 Å². The van der Waals surface area contributed by atoms with Crippen LogP contribution in [0.3, 0.4) is 0 Å². The molecule has 12 heavy (non-hydrogen) atoms. The number of thiazole rings is 1. The number of rotatable bonds is 2. The molecule has 0 radical (unpaired) electrons. The fraction of sp³-hybridized carbons (Fsp3) is 0.375. The van der Waals surface area contributed by atoms with E-state index < -0.39 is 0 Å². The first-order valence-corrected chi connectivity index (χ1v) is 4.76. The third-order valence-electron chi connectivity index (χ3n) is 1.63. The summed E-state index contributed by atoms with van der Waals surface area (Å²) >= 11 is 1.68. The Bertz CT molecular complexity index is 391. The average Bonchev–Trinajstić information content (AvgIpc) is 2.55. The van der Waals surface area contributed by atoms with Gasteiger partial charge in [0, 0.05) is 11.4 Å². The maximum atomic E-state index is 5.28. The van der Waals surface area contributed by atoms with Crippen LogP contribution in [0.15, 0.2) is 11.4 Å². The van der Waals surface area contributed by atoms with Crippen molar-refractivity contribution >= 4 is 16.2 Å². The van der Waals surface area contributed by atoms with Crippen LogP contribution in [0.5, 0.6) is 5.88 Å². The van der Waals surface area contributed by atoms with Crippen molar-refractivity contribution in [2.75, 3.05) is 6.61 Å². The van der Waals surface area contributed by atoms with E-state index in [4.69, 9.17) is 4.74 Å². The molecule has 0 fully saturated rings. The van der Waals surface area contributed by atoms with E-state index in [0.717, 1.165) is 10.5 Å². The zero-order valence-electron chi connectivity index (χ0n) is 7.07. The van der Waals surface area contributed by atoms with Crippen LogP contribution < -0.4 is 4.74 Å². The monoisotopic (exact) mass is 182 g/mol. The summed E-state index contributed by atoms with van der Waals surface area (Å²) in [6.07, 6.45) is 0. The maximum Gasteiger partial charge on any atom is 0.234 e. The Balaban J connectivity index is 2.48. The van der Waals surface area contributed by atoms with Crippen molar-refractivity contribution in [1.82, 2.24) is 9.61 Å². The summed E-state index contributed by atoms with van der Waals surface area (Å²) < 4.78 is 7.18. The van der Waals surface area contributed by atoms with Gasteiger partial charge in [-0.3, -0.25) is 0 Å². The van der Waals surface area contributed by atoms with Crippen LogP contribution in [0.25, 0.3) is 4.83 Å². The first-order chi connectivity index (χ1) is 5.81. The Labute approximate surface area is 74.6 Å². The van der Waals surface area contributed by atoms with Crippen LogP contribution in [0.2, 0.25) is 0 Å². The highest BCUT2D eigenvalue weighted by atomic mass is 32.1. The van der Waals surface area contributed by atoms with Gasteiger partial charge in [0.15, 0.2) is 0 Å². The van der Waals surface area contributed by atoms with Crippen LogP contribution in [0, 0.1) is 6.92 Å². The summed E-state index contributed by atoms with van der Waals surface area (Å²) in [6, 6.07) is 1.96. The molecule has 2 rings (SSSR count). The summed E-state index contributed by atoms with van der Waals surface area (Å²) in [5.41, 5.74) is 1.15. The minimum absolute atomic E-state index is 0.671. The molecule has 0 aromatic carbocycles. The zero-order chi connectivity index (χ0) is 8.55. The normalized spacial score (nSPS) is 10.8. The molecule has 0 bridgehead atoms. The van der Waals surface area contributed by atoms with Gasteiger partial charge in [0.1, 0.15) is 4.83 Å². The van der Waals surface area contributed by atoms with E-state index in [-0.39, 0.29) is 0 Å². The van der Waals surface area contributed by atoms with Crippen molar-refractivity contribution in [1.29, 1.82) is 0 Å². The maximum absolute atomic E-state index is 5.28. The molecule has 0 N–H and O–H groups in total. The van der Waals surface area contributed by atoms with E-state index in [1.54, 1.807) is 11.3 Å². The van der Waals surface area contributed by atoms with Gasteiger partial charge in [-0.2, -0.15) is 0 Å². The van der Waals surface area contributed by atoms with Gasteiger partial charge in [-0.1, -0.05) is 0 Å². The molecule has 0 saturated carbocycles. The van der Waals surface area contributed by atoms with E-state index in [9.17, 15) is 0 Å². The van der Waals surface area contributed by atoms with Crippen LogP contribution in [-0.4, -0.2) is 16.2 Å². The van der Waals surface area contributed by atoms with Gasteiger partial charge in [-0.05, 0) is 13.8 Å². The van der Waals surface area contributed by atoms with E-state index in [0.29, 0.717) is 12.5 Å². The number of nitrogens with zero attached hydrogens (tertiary/aromatic N) is 2. The minimum Gasteiger partial charge on any atom is -0.477 e. The van der Waals surface area contributed by atoms with Gasteiger partial charge in [-0.25, -0.2) is 4.52 Å². The SMILES string of the molecule is CCOc1cc2scc(C)n2n1. The summed E-state index contributed by atoms with van der Waals surface area (Å²) in [4.78, 5) is 1.14. The molecule has 2 heterocycles. The Morgan fingerprint density at radius 3 is 3.17 bits per heavy atom. The third-order valence-corrected chi connectivity index (χ3v) is 2.62. The van der Waals surface area contributed by atoms with Crippen molar-refractivity contribution in [3.8, 4) is 5.88 Å². The molecular formula is C8H10N2OS. The fourth-order valence-corrected chi connectivity index (χ4v) is 1.94. The molecule has 64 valence electrons. The smallest absolute Gasteiger partial charge is 0.234 e. The highest BCUT2D eigenvalue weighted by Crippen LogP contribution is 2.20. The topological polar surface area (TPSA) is 26.5 Å². The number of ether oxygens (including phenoxy) is 1. The van der Waals surface area contributed by atoms with E-state index >= 15 is 0 Å². The van der Waals surface area contributed by atoms with Crippen molar-refractivity contribution < 1.29 is 4.74 Å². The van der Waals surface area contributed by atoms with Crippen LogP contribution >= 0.6 is 11.3 Å². The summed E-state index contributed by atoms with van der Waals surface area (Å²) in [6.45, 7) is 4.66. The number of aromatic nitrogens is 2. The largest absolute Gasteiger partial charge is 0.477 e. The van der Waals surface area contributed by atoms with Crippen molar-refractivity contribution in [3.05, 3.63) is 17.1 Å². The number of hydrogen-bond acceptors (Lipinski definition) is 3. The number of hydrogen-bond donors (Lipinski definition) is 0. The fourth-order valence-electron chi connectivity index (χ4n) is 1.09. The van der Waals surface area contributed by atoms with Gasteiger partial charge >= 0.3 is 0 Å². The standard InChI is InChI=1S/C8H10N2OS/c1-3-11-7-4-8-10(9-7)6(2)5-12-8/h4-5H,3H2,1-2H3. The molecule has 0 amide bonds. The second kappa shape index (κ2) is 2.79. The molecule has 2 aromatic heterocycles. The molecule has 0 spiro atoms. The van der Waals surface area contributed by atoms with Crippen molar-refractivity contribution in [2.45, 2.75) is 13.8 Å². The minimum atomic E-state index is 0.671. The van der Waals surface area contributed by atoms with Crippen molar-refractivity contribution in [2.24, 2.45) is 0 Å². The van der Waals surface area contributed by atoms with Gasteiger partial charge in [0.2, 0.25) is 5.88 Å². The van der Waals surface area contributed by atoms with Crippen LogP contribution in [0.4, 0.5) is 0 Å². The molecule has 0 unspecified atom stereocenters. The Kier molecular flexibility index (Phi) is 1.77. The number of aryl methyl sites for hydroxylation is 1. The lowest BCUT2D eigenvalue weighted by molar-refractivity contribution is 0.325. The first kappa shape index (κ1) is 7.61. The lowest BCUT2D eigenvalue weighted by atomic mass is 10.6. The molecule has 0 aliphatic carbocycles. The molecule has 3 nitrogen and oxygen atoms in total. The van der Waals surface area contributed by atoms with E-state index in [1.165, 1.54) is 0 Å². The first-order valence-electron chi connectivity index (χ1n) is 3.88. The van der Waals surface area contributed by atoms with Gasteiger partial charge < -0.3 is 4.74 Å². The molecule has 0 saturated heterocycles. The third kappa shape index (κ3) is 1.08. The molecule has 0 aliphatic rings. The van der Waals surface area contributed by atoms with E-state index in [1.807, 2.05) is 24.4 Å². The second-order valence-corrected chi connectivity index (χ2v) is 3.43. The Morgan fingerprint density at radius 2 is 2.50 bits per heavy atom. The highest BCUT2D eigenvalue weighted by Gasteiger charge is 2.04. The molecule has 0 aliphatic heterocycles. The highest BCUT2D eigenvalue weighted by molar-refractivity contribution is 7.15. The summed E-state index contributed by atoms with van der Waals surface area (Å²) in [5, 5.41) is 6.35. The second-order valence-electron chi connectivity index (χ2n) is 2.54. The molecule has 2 aromatic rings. The van der Waals surface area contributed by atoms with Crippen LogP contribution in [-0.2, 0) is 0 Å². The lowest BCUT2D eigenvalue weighted by Gasteiger charge is -1.93. The number of fused-ring (bicyclic) bond motifs is 1. The quantitative estimate of drug-likeness (QED) is 0.711. The Morgan fingerprint density at radius 1 is 1.67 bits per heavy atom. The van der Waals surface area contributed by atoms with Gasteiger partial charge in [0.05, 0.1) is 12.3 Å². The van der Waals surface area contributed by atoms with Crippen molar-refractivity contribution in [3.63, 3.8) is 0 Å². The Hall–Kier alpha value is -1.03. The van der Waals surface area contributed by atoms with Gasteiger partial charge in [0.25, 0.3) is 0 Å². The summed E-state index contributed by atoms with van der Waals surface area (Å²) in [7, 11) is 0. The lowest BCUT2D eigenvalue weighted by Crippen LogP contribution is -1.93. The van der Waals surface area contributed by atoms with Crippen LogP contribution in [0.1, 0.15) is 12.6 Å². The zero-order valence-corrected chi connectivity index (χ0v) is 7.89. The predicted octanol–water partition coefficient (Wildman–Crippen LogP) is 2.10.